The van der Waals surface area contributed by atoms with Gasteiger partial charge in [0, 0.05) is 33.6 Å². The van der Waals surface area contributed by atoms with Gasteiger partial charge in [0.1, 0.15) is 11.3 Å². The average Bonchev–Trinajstić information content (AvgIpc) is 3.26. The van der Waals surface area contributed by atoms with E-state index in [1.54, 1.807) is 12.1 Å². The molecule has 5 nitrogen and oxygen atoms in total. The van der Waals surface area contributed by atoms with Crippen LogP contribution in [0.15, 0.2) is 60.3 Å². The zero-order valence-electron chi connectivity index (χ0n) is 24.9. The lowest BCUT2D eigenvalue weighted by atomic mass is 9.61. The minimum atomic E-state index is -1.03. The second kappa shape index (κ2) is 11.4. The number of aromatic nitrogens is 1. The number of carboxylic acids is 1. The fraction of sp³-hybridized carbons (Fsp3) is 0.444. The van der Waals surface area contributed by atoms with Crippen LogP contribution in [0.4, 0.5) is 5.69 Å². The fourth-order valence-electron chi connectivity index (χ4n) is 7.69. The molecule has 0 unspecified atom stereocenters. The van der Waals surface area contributed by atoms with Gasteiger partial charge in [0.15, 0.2) is 0 Å². The molecule has 42 heavy (non-hydrogen) atoms. The second-order valence-corrected chi connectivity index (χ2v) is 13.3. The van der Waals surface area contributed by atoms with Crippen LogP contribution >= 0.6 is 11.6 Å². The lowest BCUT2D eigenvalue weighted by Crippen LogP contribution is -2.52. The van der Waals surface area contributed by atoms with Crippen LogP contribution in [0.3, 0.4) is 0 Å². The number of fused-ring (bicyclic) bond motifs is 3. The monoisotopic (exact) mass is 584 g/mol. The van der Waals surface area contributed by atoms with E-state index in [1.807, 2.05) is 24.4 Å². The summed E-state index contributed by atoms with van der Waals surface area (Å²) in [7, 11) is 0. The summed E-state index contributed by atoms with van der Waals surface area (Å²) in [4.78, 5) is 17.4. The van der Waals surface area contributed by atoms with Crippen LogP contribution in [-0.2, 0) is 16.6 Å². The number of aliphatic carboxylic acids is 1. The third-order valence-corrected chi connectivity index (χ3v) is 10.3. The number of benzene rings is 2. The Morgan fingerprint density at radius 2 is 1.95 bits per heavy atom. The van der Waals surface area contributed by atoms with Crippen molar-refractivity contribution < 1.29 is 14.6 Å². The maximum atomic E-state index is 12.7. The standard InChI is InChI=1S/C36H41ClN2O3/c1-23(22-42-32-13-18-38-31-12-5-8-25(3)33(31)32)19-26-20-29-24(2)7-4-11-30(29)35(26)14-16-36(17-15-35,34(40)41)39-28-10-6-9-27(37)21-28/h4,6-7,9-11,13,18,20-21,23,25,39H,5,8,12,14-17,19,22H2,1-3H3,(H,40,41)/t23-,25-,35?,36?/m1/s1. The summed E-state index contributed by atoms with van der Waals surface area (Å²) in [6.45, 7) is 7.37. The van der Waals surface area contributed by atoms with Gasteiger partial charge < -0.3 is 15.2 Å². The molecule has 0 radical (unpaired) electrons. The quantitative estimate of drug-likeness (QED) is 0.277. The van der Waals surface area contributed by atoms with Gasteiger partial charge in [0.05, 0.1) is 6.61 Å². The van der Waals surface area contributed by atoms with E-state index in [9.17, 15) is 9.90 Å². The van der Waals surface area contributed by atoms with Crippen molar-refractivity contribution in [2.45, 2.75) is 89.0 Å². The minimum Gasteiger partial charge on any atom is -0.493 e. The van der Waals surface area contributed by atoms with E-state index in [2.05, 4.69) is 55.3 Å². The van der Waals surface area contributed by atoms with Crippen molar-refractivity contribution in [1.29, 1.82) is 0 Å². The number of halogens is 1. The number of aryl methyl sites for hydroxylation is 2. The van der Waals surface area contributed by atoms with Gasteiger partial charge in [-0.3, -0.25) is 4.98 Å². The van der Waals surface area contributed by atoms with Crippen LogP contribution in [-0.4, -0.2) is 28.2 Å². The third kappa shape index (κ3) is 5.21. The molecule has 3 aromatic rings. The molecule has 1 heterocycles. The summed E-state index contributed by atoms with van der Waals surface area (Å²) in [6, 6.07) is 16.0. The van der Waals surface area contributed by atoms with Crippen molar-refractivity contribution in [3.63, 3.8) is 0 Å². The lowest BCUT2D eigenvalue weighted by molar-refractivity contribution is -0.143. The van der Waals surface area contributed by atoms with E-state index in [4.69, 9.17) is 16.3 Å². The van der Waals surface area contributed by atoms with Crippen molar-refractivity contribution >= 4 is 29.3 Å². The Hall–Kier alpha value is -3.31. The van der Waals surface area contributed by atoms with E-state index >= 15 is 0 Å². The van der Waals surface area contributed by atoms with E-state index in [0.29, 0.717) is 36.3 Å². The van der Waals surface area contributed by atoms with Crippen molar-refractivity contribution in [1.82, 2.24) is 4.98 Å². The molecule has 1 fully saturated rings. The molecule has 3 aliphatic carbocycles. The first kappa shape index (κ1) is 28.8. The first-order valence-electron chi connectivity index (χ1n) is 15.4. The van der Waals surface area contributed by atoms with E-state index < -0.39 is 11.5 Å². The molecule has 0 aliphatic heterocycles. The normalized spacial score (nSPS) is 25.3. The molecule has 2 N–H and O–H groups in total. The highest BCUT2D eigenvalue weighted by atomic mass is 35.5. The molecule has 1 aromatic heterocycles. The number of hydrogen-bond acceptors (Lipinski definition) is 4. The second-order valence-electron chi connectivity index (χ2n) is 12.9. The Kier molecular flexibility index (Phi) is 7.82. The van der Waals surface area contributed by atoms with Crippen molar-refractivity contribution in [3.8, 4) is 5.75 Å². The number of anilines is 1. The van der Waals surface area contributed by atoms with Crippen LogP contribution in [0.25, 0.3) is 6.08 Å². The minimum absolute atomic E-state index is 0.158. The number of carbonyl (C=O) groups is 1. The number of nitrogens with one attached hydrogen (secondary N) is 1. The van der Waals surface area contributed by atoms with E-state index in [0.717, 1.165) is 37.1 Å². The molecule has 0 saturated heterocycles. The molecule has 6 heteroatoms. The van der Waals surface area contributed by atoms with Crippen molar-refractivity contribution in [3.05, 3.63) is 93.3 Å². The maximum Gasteiger partial charge on any atom is 0.329 e. The van der Waals surface area contributed by atoms with Crippen LogP contribution in [0.2, 0.25) is 5.02 Å². The summed E-state index contributed by atoms with van der Waals surface area (Å²) >= 11 is 6.22. The van der Waals surface area contributed by atoms with Crippen LogP contribution in [0.1, 0.15) is 92.7 Å². The molecule has 1 spiro atoms. The summed E-state index contributed by atoms with van der Waals surface area (Å²) in [5.74, 6) is 0.968. The molecule has 6 rings (SSSR count). The Morgan fingerprint density at radius 1 is 1.17 bits per heavy atom. The molecule has 1 saturated carbocycles. The van der Waals surface area contributed by atoms with Gasteiger partial charge in [0.2, 0.25) is 0 Å². The number of nitrogens with zero attached hydrogens (tertiary/aromatic N) is 1. The molecular weight excluding hydrogens is 544 g/mol. The van der Waals surface area contributed by atoms with Crippen molar-refractivity contribution in [2.24, 2.45) is 5.92 Å². The van der Waals surface area contributed by atoms with Gasteiger partial charge in [-0.2, -0.15) is 0 Å². The highest BCUT2D eigenvalue weighted by Gasteiger charge is 2.51. The molecule has 0 bridgehead atoms. The molecule has 3 aliphatic rings. The van der Waals surface area contributed by atoms with E-state index in [1.165, 1.54) is 46.4 Å². The van der Waals surface area contributed by atoms with Gasteiger partial charge in [-0.15, -0.1) is 0 Å². The predicted octanol–water partition coefficient (Wildman–Crippen LogP) is 8.73. The summed E-state index contributed by atoms with van der Waals surface area (Å²) < 4.78 is 6.50. The molecule has 2 aromatic carbocycles. The van der Waals surface area contributed by atoms with Crippen LogP contribution < -0.4 is 10.1 Å². The summed E-state index contributed by atoms with van der Waals surface area (Å²) in [6.07, 6.45) is 11.2. The summed E-state index contributed by atoms with van der Waals surface area (Å²) in [5.41, 5.74) is 7.39. The number of ether oxygens (including phenoxy) is 1. The number of allylic oxidation sites excluding steroid dienone is 1. The zero-order valence-corrected chi connectivity index (χ0v) is 25.6. The first-order valence-corrected chi connectivity index (χ1v) is 15.8. The van der Waals surface area contributed by atoms with Gasteiger partial charge in [0.25, 0.3) is 0 Å². The smallest absolute Gasteiger partial charge is 0.329 e. The fourth-order valence-corrected chi connectivity index (χ4v) is 7.88. The maximum absolute atomic E-state index is 12.7. The SMILES string of the molecule is Cc1cccc2c1C=C(C[C@@H](C)COc1ccnc3c1[C@H](C)CCC3)C21CCC(Nc2cccc(Cl)c2)(C(=O)O)CC1. The first-order chi connectivity index (χ1) is 20.2. The molecule has 2 atom stereocenters. The number of hydrogen-bond donors (Lipinski definition) is 2. The third-order valence-electron chi connectivity index (χ3n) is 10.0. The zero-order chi connectivity index (χ0) is 29.5. The van der Waals surface area contributed by atoms with Crippen LogP contribution in [0, 0.1) is 12.8 Å². The molecule has 220 valence electrons. The van der Waals surface area contributed by atoms with Crippen molar-refractivity contribution in [2.75, 3.05) is 11.9 Å². The molecule has 0 amide bonds. The Labute approximate surface area is 254 Å². The van der Waals surface area contributed by atoms with Gasteiger partial charge in [-0.25, -0.2) is 4.79 Å². The highest BCUT2D eigenvalue weighted by molar-refractivity contribution is 6.30. The summed E-state index contributed by atoms with van der Waals surface area (Å²) in [5, 5.41) is 14.4. The predicted molar refractivity (Wildman–Crippen MR) is 170 cm³/mol. The average molecular weight is 585 g/mol. The van der Waals surface area contributed by atoms with Gasteiger partial charge in [-0.05, 0) is 111 Å². The Bertz CT molecular complexity index is 1520. The topological polar surface area (TPSA) is 71.5 Å². The highest BCUT2D eigenvalue weighted by Crippen LogP contribution is 2.55. The Morgan fingerprint density at radius 3 is 2.71 bits per heavy atom. The van der Waals surface area contributed by atoms with Crippen LogP contribution in [0.5, 0.6) is 5.75 Å². The van der Waals surface area contributed by atoms with Gasteiger partial charge in [-0.1, -0.05) is 61.4 Å². The number of pyridine rings is 1. The van der Waals surface area contributed by atoms with Gasteiger partial charge >= 0.3 is 5.97 Å². The number of carboxylic acid groups (broad SMARTS) is 1. The Balaban J connectivity index is 1.22. The number of rotatable bonds is 8. The van der Waals surface area contributed by atoms with E-state index in [-0.39, 0.29) is 5.41 Å². The molecular formula is C36H41ClN2O3. The largest absolute Gasteiger partial charge is 0.493 e. The lowest BCUT2D eigenvalue weighted by Gasteiger charge is -2.46.